The van der Waals surface area contributed by atoms with E-state index in [1.165, 1.54) is 25.3 Å². The lowest BCUT2D eigenvalue weighted by Gasteiger charge is -2.15. The molecule has 2 nitrogen and oxygen atoms in total. The van der Waals surface area contributed by atoms with Crippen molar-refractivity contribution < 1.29 is 10.2 Å². The van der Waals surface area contributed by atoms with Gasteiger partial charge in [0.05, 0.1) is 0 Å². The van der Waals surface area contributed by atoms with Crippen molar-refractivity contribution in [3.05, 3.63) is 23.8 Å². The van der Waals surface area contributed by atoms with Crippen molar-refractivity contribution >= 4 is 0 Å². The van der Waals surface area contributed by atoms with Crippen molar-refractivity contribution in [2.24, 2.45) is 0 Å². The Bertz CT molecular complexity index is 300. The second kappa shape index (κ2) is 6.41. The lowest BCUT2D eigenvalue weighted by atomic mass is 9.91. The van der Waals surface area contributed by atoms with Crippen molar-refractivity contribution in [1.29, 1.82) is 0 Å². The van der Waals surface area contributed by atoms with E-state index in [0.29, 0.717) is 5.92 Å². The van der Waals surface area contributed by atoms with E-state index in [-0.39, 0.29) is 11.5 Å². The maximum Gasteiger partial charge on any atom is 0.119 e. The van der Waals surface area contributed by atoms with Crippen LogP contribution in [0.3, 0.4) is 0 Å². The summed E-state index contributed by atoms with van der Waals surface area (Å²) in [4.78, 5) is 0. The molecule has 0 aliphatic heterocycles. The van der Waals surface area contributed by atoms with Crippen LogP contribution in [0.15, 0.2) is 18.2 Å². The summed E-state index contributed by atoms with van der Waals surface area (Å²) in [7, 11) is 0. The predicted octanol–water partition coefficient (Wildman–Crippen LogP) is 4.17. The summed E-state index contributed by atoms with van der Waals surface area (Å²) in [5, 5.41) is 18.9. The number of aromatic hydroxyl groups is 2. The summed E-state index contributed by atoms with van der Waals surface area (Å²) in [5.74, 6) is 0.762. The smallest absolute Gasteiger partial charge is 0.119 e. The van der Waals surface area contributed by atoms with E-state index in [1.54, 1.807) is 12.1 Å². The number of hydrogen-bond donors (Lipinski definition) is 2. The summed E-state index contributed by atoms with van der Waals surface area (Å²) in [6.07, 6.45) is 5.87. The average molecular weight is 222 g/mol. The minimum atomic E-state index is 0.156. The van der Waals surface area contributed by atoms with E-state index in [9.17, 15) is 10.2 Å². The molecule has 0 bridgehead atoms. The second-order valence-electron chi connectivity index (χ2n) is 4.38. The molecule has 0 aliphatic carbocycles. The molecule has 0 fully saturated rings. The minimum absolute atomic E-state index is 0.156. The fourth-order valence-corrected chi connectivity index (χ4v) is 2.10. The fourth-order valence-electron chi connectivity index (χ4n) is 2.10. The topological polar surface area (TPSA) is 40.5 Å². The lowest BCUT2D eigenvalue weighted by molar-refractivity contribution is 0.446. The van der Waals surface area contributed by atoms with Crippen molar-refractivity contribution in [2.45, 2.75) is 51.9 Å². The molecule has 1 rings (SSSR count). The van der Waals surface area contributed by atoms with E-state index in [4.69, 9.17) is 0 Å². The Morgan fingerprint density at radius 3 is 2.12 bits per heavy atom. The molecule has 0 spiro atoms. The Balaban J connectivity index is 2.70. The molecule has 0 heterocycles. The van der Waals surface area contributed by atoms with Crippen LogP contribution in [-0.4, -0.2) is 10.2 Å². The molecule has 1 aromatic carbocycles. The van der Waals surface area contributed by atoms with Gasteiger partial charge in [-0.1, -0.05) is 33.1 Å². The molecule has 2 N–H and O–H groups in total. The third kappa shape index (κ3) is 3.76. The van der Waals surface area contributed by atoms with Crippen LogP contribution in [-0.2, 0) is 0 Å². The Morgan fingerprint density at radius 2 is 1.62 bits per heavy atom. The van der Waals surface area contributed by atoms with Crippen molar-refractivity contribution in [3.8, 4) is 11.5 Å². The molecule has 0 radical (unpaired) electrons. The summed E-state index contributed by atoms with van der Waals surface area (Å²) in [5.41, 5.74) is 1.05. The molecule has 16 heavy (non-hydrogen) atoms. The first-order valence-corrected chi connectivity index (χ1v) is 6.20. The number of unbranched alkanes of at least 4 members (excludes halogenated alkanes) is 2. The van der Waals surface area contributed by atoms with Gasteiger partial charge in [-0.05, 0) is 36.5 Å². The highest BCUT2D eigenvalue weighted by Gasteiger charge is 2.10. The first-order valence-electron chi connectivity index (χ1n) is 6.20. The van der Waals surface area contributed by atoms with Gasteiger partial charge >= 0.3 is 0 Å². The summed E-state index contributed by atoms with van der Waals surface area (Å²) < 4.78 is 0. The molecule has 90 valence electrons. The van der Waals surface area contributed by atoms with Crippen LogP contribution in [0, 0.1) is 0 Å². The van der Waals surface area contributed by atoms with Gasteiger partial charge in [0.25, 0.3) is 0 Å². The van der Waals surface area contributed by atoms with Gasteiger partial charge in [-0.25, -0.2) is 0 Å². The summed E-state index contributed by atoms with van der Waals surface area (Å²) >= 11 is 0. The predicted molar refractivity (Wildman–Crippen MR) is 66.9 cm³/mol. The number of phenols is 2. The second-order valence-corrected chi connectivity index (χ2v) is 4.38. The first kappa shape index (κ1) is 12.9. The summed E-state index contributed by atoms with van der Waals surface area (Å²) in [6, 6.07) is 4.90. The van der Waals surface area contributed by atoms with Gasteiger partial charge in [0.2, 0.25) is 0 Å². The molecule has 0 saturated carbocycles. The minimum Gasteiger partial charge on any atom is -0.508 e. The van der Waals surface area contributed by atoms with Crippen LogP contribution in [0.2, 0.25) is 0 Å². The SMILES string of the molecule is CCCCCC(CC)c1cc(O)cc(O)c1. The van der Waals surface area contributed by atoms with Crippen LogP contribution < -0.4 is 0 Å². The molecule has 1 atom stereocenters. The van der Waals surface area contributed by atoms with Gasteiger partial charge in [0.1, 0.15) is 11.5 Å². The molecule has 1 unspecified atom stereocenters. The largest absolute Gasteiger partial charge is 0.508 e. The Kier molecular flexibility index (Phi) is 5.17. The normalized spacial score (nSPS) is 12.6. The first-order chi connectivity index (χ1) is 7.67. The Hall–Kier alpha value is -1.18. The fraction of sp³-hybridized carbons (Fsp3) is 0.571. The Labute approximate surface area is 97.9 Å². The maximum absolute atomic E-state index is 9.45. The summed E-state index contributed by atoms with van der Waals surface area (Å²) in [6.45, 7) is 4.35. The molecule has 0 aromatic heterocycles. The average Bonchev–Trinajstić information content (AvgIpc) is 2.23. The van der Waals surface area contributed by atoms with Gasteiger partial charge in [-0.3, -0.25) is 0 Å². The van der Waals surface area contributed by atoms with Gasteiger partial charge in [0.15, 0.2) is 0 Å². The van der Waals surface area contributed by atoms with E-state index in [2.05, 4.69) is 13.8 Å². The maximum atomic E-state index is 9.45. The van der Waals surface area contributed by atoms with E-state index in [1.807, 2.05) is 0 Å². The zero-order valence-electron chi connectivity index (χ0n) is 10.2. The van der Waals surface area contributed by atoms with Crippen molar-refractivity contribution in [3.63, 3.8) is 0 Å². The van der Waals surface area contributed by atoms with Crippen LogP contribution in [0.1, 0.15) is 57.4 Å². The number of phenolic OH excluding ortho intramolecular Hbond substituents is 2. The third-order valence-corrected chi connectivity index (χ3v) is 3.05. The van der Waals surface area contributed by atoms with Crippen LogP contribution in [0.4, 0.5) is 0 Å². The number of hydrogen-bond acceptors (Lipinski definition) is 2. The van der Waals surface area contributed by atoms with Gasteiger partial charge < -0.3 is 10.2 Å². The highest BCUT2D eigenvalue weighted by atomic mass is 16.3. The van der Waals surface area contributed by atoms with Crippen LogP contribution in [0.25, 0.3) is 0 Å². The quantitative estimate of drug-likeness (QED) is 0.709. The highest BCUT2D eigenvalue weighted by Crippen LogP contribution is 2.31. The zero-order chi connectivity index (χ0) is 12.0. The highest BCUT2D eigenvalue weighted by molar-refractivity contribution is 5.38. The van der Waals surface area contributed by atoms with Crippen LogP contribution in [0.5, 0.6) is 11.5 Å². The zero-order valence-corrected chi connectivity index (χ0v) is 10.2. The standard InChI is InChI=1S/C14H22O2/c1-3-5-6-7-11(4-2)12-8-13(15)10-14(16)9-12/h8-11,15-16H,3-7H2,1-2H3. The van der Waals surface area contributed by atoms with E-state index < -0.39 is 0 Å². The van der Waals surface area contributed by atoms with Gasteiger partial charge in [0, 0.05) is 6.07 Å². The van der Waals surface area contributed by atoms with E-state index in [0.717, 1.165) is 18.4 Å². The molecule has 1 aromatic rings. The van der Waals surface area contributed by atoms with Gasteiger partial charge in [-0.2, -0.15) is 0 Å². The van der Waals surface area contributed by atoms with Gasteiger partial charge in [-0.15, -0.1) is 0 Å². The monoisotopic (exact) mass is 222 g/mol. The van der Waals surface area contributed by atoms with Crippen LogP contribution >= 0.6 is 0 Å². The molecular weight excluding hydrogens is 200 g/mol. The number of benzene rings is 1. The Morgan fingerprint density at radius 1 is 1.00 bits per heavy atom. The van der Waals surface area contributed by atoms with Crippen molar-refractivity contribution in [2.75, 3.05) is 0 Å². The van der Waals surface area contributed by atoms with E-state index >= 15 is 0 Å². The molecule has 0 saturated heterocycles. The van der Waals surface area contributed by atoms with Crippen molar-refractivity contribution in [1.82, 2.24) is 0 Å². The molecule has 2 heteroatoms. The molecule has 0 aliphatic rings. The molecular formula is C14H22O2. The molecule has 0 amide bonds. The lowest BCUT2D eigenvalue weighted by Crippen LogP contribution is -1.97. The third-order valence-electron chi connectivity index (χ3n) is 3.05. The number of rotatable bonds is 6.